The van der Waals surface area contributed by atoms with E-state index in [1.54, 1.807) is 35.6 Å². The predicted molar refractivity (Wildman–Crippen MR) is 99.3 cm³/mol. The first-order chi connectivity index (χ1) is 12.8. The maximum Gasteiger partial charge on any atom is 0.214 e. The highest BCUT2D eigenvalue weighted by Gasteiger charge is 2.12. The van der Waals surface area contributed by atoms with Crippen molar-refractivity contribution in [3.8, 4) is 0 Å². The summed E-state index contributed by atoms with van der Waals surface area (Å²) in [5, 5.41) is 3.23. The fourth-order valence-electron chi connectivity index (χ4n) is 2.65. The largest absolute Gasteiger partial charge is 0.368 e. The first-order valence-electron chi connectivity index (χ1n) is 8.30. The summed E-state index contributed by atoms with van der Waals surface area (Å²) >= 11 is 0. The Morgan fingerprint density at radius 2 is 1.92 bits per heavy atom. The van der Waals surface area contributed by atoms with Crippen molar-refractivity contribution in [1.82, 2.24) is 9.97 Å². The van der Waals surface area contributed by atoms with Crippen LogP contribution >= 0.6 is 0 Å². The molecule has 3 rings (SSSR count). The molecule has 3 aromatic rings. The van der Waals surface area contributed by atoms with Crippen LogP contribution in [0.2, 0.25) is 0 Å². The lowest BCUT2D eigenvalue weighted by atomic mass is 10.1. The Morgan fingerprint density at radius 3 is 2.69 bits per heavy atom. The van der Waals surface area contributed by atoms with Gasteiger partial charge in [0, 0.05) is 25.1 Å². The third kappa shape index (κ3) is 4.63. The van der Waals surface area contributed by atoms with Gasteiger partial charge in [-0.2, -0.15) is 0 Å². The summed E-state index contributed by atoms with van der Waals surface area (Å²) in [4.78, 5) is 21.6. The van der Waals surface area contributed by atoms with Crippen LogP contribution in [0.4, 0.5) is 15.9 Å². The highest BCUT2D eigenvalue weighted by Crippen LogP contribution is 2.23. The van der Waals surface area contributed by atoms with Crippen LogP contribution in [0, 0.1) is 5.82 Å². The third-order valence-corrected chi connectivity index (χ3v) is 3.89. The molecule has 26 heavy (non-hydrogen) atoms. The quantitative estimate of drug-likeness (QED) is 0.632. The molecule has 0 aliphatic carbocycles. The normalized spacial score (nSPS) is 10.3. The number of halogens is 1. The number of nitrogens with zero attached hydrogens (tertiary/aromatic N) is 3. The maximum atomic E-state index is 13.3. The smallest absolute Gasteiger partial charge is 0.214 e. The van der Waals surface area contributed by atoms with Gasteiger partial charge in [0.2, 0.25) is 6.41 Å². The summed E-state index contributed by atoms with van der Waals surface area (Å²) < 4.78 is 13.3. The Kier molecular flexibility index (Phi) is 5.88. The Labute approximate surface area is 151 Å². The molecule has 1 amide bonds. The van der Waals surface area contributed by atoms with Crippen molar-refractivity contribution >= 4 is 17.9 Å². The van der Waals surface area contributed by atoms with Crippen molar-refractivity contribution in [3.05, 3.63) is 84.1 Å². The Bertz CT molecular complexity index is 857. The predicted octanol–water partition coefficient (Wildman–Crippen LogP) is 3.43. The second-order valence-electron chi connectivity index (χ2n) is 5.77. The fourth-order valence-corrected chi connectivity index (χ4v) is 2.65. The number of amides is 1. The van der Waals surface area contributed by atoms with Crippen molar-refractivity contribution < 1.29 is 9.18 Å². The molecule has 1 N–H and O–H groups in total. The molecule has 0 aliphatic rings. The molecule has 0 bridgehead atoms. The first kappa shape index (κ1) is 17.5. The molecule has 0 atom stereocenters. The van der Waals surface area contributed by atoms with Gasteiger partial charge < -0.3 is 10.2 Å². The van der Waals surface area contributed by atoms with Gasteiger partial charge >= 0.3 is 0 Å². The molecule has 1 aromatic carbocycles. The average Bonchev–Trinajstić information content (AvgIpc) is 2.67. The summed E-state index contributed by atoms with van der Waals surface area (Å²) in [6.45, 7) is 0.981. The van der Waals surface area contributed by atoms with Crippen molar-refractivity contribution in [2.75, 3.05) is 16.8 Å². The SMILES string of the molecule is O=CN(Cc1cccnc1)c1cccnc1NCCc1cccc(F)c1. The van der Waals surface area contributed by atoms with E-state index in [9.17, 15) is 9.18 Å². The number of hydrogen-bond acceptors (Lipinski definition) is 4. The Hall–Kier alpha value is -3.28. The number of pyridine rings is 2. The molecular weight excluding hydrogens is 331 g/mol. The molecule has 2 heterocycles. The standard InChI is InChI=1S/C20H19FN4O/c21-18-6-1-4-16(12-18)8-11-24-20-19(7-3-10-23-20)25(15-26)14-17-5-2-9-22-13-17/h1-7,9-10,12-13,15H,8,11,14H2,(H,23,24). The van der Waals surface area contributed by atoms with Gasteiger partial charge in [-0.3, -0.25) is 9.78 Å². The van der Waals surface area contributed by atoms with E-state index in [1.165, 1.54) is 12.1 Å². The molecule has 0 fully saturated rings. The fraction of sp³-hybridized carbons (Fsp3) is 0.150. The van der Waals surface area contributed by atoms with E-state index in [0.717, 1.165) is 17.5 Å². The Morgan fingerprint density at radius 1 is 1.08 bits per heavy atom. The van der Waals surface area contributed by atoms with Crippen LogP contribution in [0.25, 0.3) is 0 Å². The lowest BCUT2D eigenvalue weighted by Gasteiger charge is -2.20. The van der Waals surface area contributed by atoms with Crippen LogP contribution < -0.4 is 10.2 Å². The van der Waals surface area contributed by atoms with Gasteiger partial charge in [0.25, 0.3) is 0 Å². The number of rotatable bonds is 8. The Balaban J connectivity index is 1.69. The number of benzene rings is 1. The highest BCUT2D eigenvalue weighted by molar-refractivity contribution is 5.81. The van der Waals surface area contributed by atoms with Crippen LogP contribution in [0.1, 0.15) is 11.1 Å². The van der Waals surface area contributed by atoms with Crippen LogP contribution in [0.15, 0.2) is 67.1 Å². The number of aromatic nitrogens is 2. The summed E-state index contributed by atoms with van der Waals surface area (Å²) in [6, 6.07) is 13.9. The number of carbonyl (C=O) groups is 1. The third-order valence-electron chi connectivity index (χ3n) is 3.89. The van der Waals surface area contributed by atoms with E-state index in [4.69, 9.17) is 0 Å². The first-order valence-corrected chi connectivity index (χ1v) is 8.30. The molecule has 2 aromatic heterocycles. The summed E-state index contributed by atoms with van der Waals surface area (Å²) in [5.74, 6) is 0.365. The topological polar surface area (TPSA) is 58.1 Å². The van der Waals surface area contributed by atoms with E-state index < -0.39 is 0 Å². The monoisotopic (exact) mass is 350 g/mol. The lowest BCUT2D eigenvalue weighted by molar-refractivity contribution is -0.107. The molecule has 0 radical (unpaired) electrons. The zero-order valence-corrected chi connectivity index (χ0v) is 14.2. The molecule has 6 heteroatoms. The lowest BCUT2D eigenvalue weighted by Crippen LogP contribution is -2.22. The van der Waals surface area contributed by atoms with E-state index >= 15 is 0 Å². The number of anilines is 2. The zero-order chi connectivity index (χ0) is 18.2. The molecular formula is C20H19FN4O. The summed E-state index contributed by atoms with van der Waals surface area (Å²) in [5.41, 5.74) is 2.51. The minimum absolute atomic E-state index is 0.246. The molecule has 5 nitrogen and oxygen atoms in total. The van der Waals surface area contributed by atoms with Crippen molar-refractivity contribution in [3.63, 3.8) is 0 Å². The van der Waals surface area contributed by atoms with Gasteiger partial charge in [0.15, 0.2) is 0 Å². The average molecular weight is 350 g/mol. The van der Waals surface area contributed by atoms with Gasteiger partial charge in [-0.1, -0.05) is 18.2 Å². The second-order valence-corrected chi connectivity index (χ2v) is 5.77. The molecule has 0 aliphatic heterocycles. The molecule has 0 spiro atoms. The van der Waals surface area contributed by atoms with Gasteiger partial charge in [0.1, 0.15) is 11.6 Å². The van der Waals surface area contributed by atoms with Crippen molar-refractivity contribution in [2.45, 2.75) is 13.0 Å². The maximum absolute atomic E-state index is 13.3. The van der Waals surface area contributed by atoms with Gasteiger partial charge in [-0.25, -0.2) is 9.37 Å². The second kappa shape index (κ2) is 8.71. The van der Waals surface area contributed by atoms with E-state index in [2.05, 4.69) is 15.3 Å². The van der Waals surface area contributed by atoms with Gasteiger partial charge in [-0.15, -0.1) is 0 Å². The molecule has 0 saturated heterocycles. The molecule has 132 valence electrons. The summed E-state index contributed by atoms with van der Waals surface area (Å²) in [7, 11) is 0. The molecule has 0 saturated carbocycles. The van der Waals surface area contributed by atoms with Crippen LogP contribution in [-0.4, -0.2) is 22.9 Å². The van der Waals surface area contributed by atoms with Crippen molar-refractivity contribution in [1.29, 1.82) is 0 Å². The highest BCUT2D eigenvalue weighted by atomic mass is 19.1. The minimum Gasteiger partial charge on any atom is -0.368 e. The van der Waals surface area contributed by atoms with E-state index in [1.807, 2.05) is 24.3 Å². The summed E-state index contributed by atoms with van der Waals surface area (Å²) in [6.07, 6.45) is 6.52. The van der Waals surface area contributed by atoms with Crippen molar-refractivity contribution in [2.24, 2.45) is 0 Å². The van der Waals surface area contributed by atoms with E-state index in [0.29, 0.717) is 31.0 Å². The van der Waals surface area contributed by atoms with Crippen LogP contribution in [0.3, 0.4) is 0 Å². The van der Waals surface area contributed by atoms with Crippen LogP contribution in [0.5, 0.6) is 0 Å². The number of carbonyl (C=O) groups excluding carboxylic acids is 1. The zero-order valence-electron chi connectivity index (χ0n) is 14.2. The molecule has 0 unspecified atom stereocenters. The number of nitrogens with one attached hydrogen (secondary N) is 1. The van der Waals surface area contributed by atoms with Gasteiger partial charge in [0.05, 0.1) is 12.2 Å². The van der Waals surface area contributed by atoms with Gasteiger partial charge in [-0.05, 0) is 47.9 Å². The minimum atomic E-state index is -0.246. The van der Waals surface area contributed by atoms with E-state index in [-0.39, 0.29) is 5.82 Å². The van der Waals surface area contributed by atoms with Crippen LogP contribution in [-0.2, 0) is 17.8 Å². The number of hydrogen-bond donors (Lipinski definition) is 1.